The van der Waals surface area contributed by atoms with Crippen LogP contribution in [0.5, 0.6) is 0 Å². The molecular formula is C35H21N3S. The Morgan fingerprint density at radius 3 is 1.74 bits per heavy atom. The summed E-state index contributed by atoms with van der Waals surface area (Å²) in [5.41, 5.74) is 2.92. The molecule has 2 heterocycles. The second kappa shape index (κ2) is 8.83. The molecule has 0 saturated carbocycles. The lowest BCUT2D eigenvalue weighted by atomic mass is 10.0. The number of rotatable bonds is 3. The zero-order chi connectivity index (χ0) is 25.8. The fourth-order valence-electron chi connectivity index (χ4n) is 5.29. The quantitative estimate of drug-likeness (QED) is 0.235. The predicted molar refractivity (Wildman–Crippen MR) is 164 cm³/mol. The van der Waals surface area contributed by atoms with Crippen LogP contribution in [0.3, 0.4) is 0 Å². The number of hydrogen-bond acceptors (Lipinski definition) is 4. The van der Waals surface area contributed by atoms with E-state index >= 15 is 0 Å². The molecule has 0 amide bonds. The molecular weight excluding hydrogens is 494 g/mol. The van der Waals surface area contributed by atoms with E-state index < -0.39 is 0 Å². The van der Waals surface area contributed by atoms with Gasteiger partial charge < -0.3 is 0 Å². The SMILES string of the molecule is c1ccc(-c2nc(-c3ccc4ccccc4c3)nc(-c3ccc4cc5sc6ccccc6c5cc4c3)n2)cc1. The predicted octanol–water partition coefficient (Wildman–Crippen LogP) is 9.55. The molecule has 0 aliphatic rings. The molecule has 4 heteroatoms. The highest BCUT2D eigenvalue weighted by atomic mass is 32.1. The summed E-state index contributed by atoms with van der Waals surface area (Å²) in [7, 11) is 0. The third-order valence-electron chi connectivity index (χ3n) is 7.27. The van der Waals surface area contributed by atoms with Crippen LogP contribution >= 0.6 is 11.3 Å². The maximum absolute atomic E-state index is 5.00. The molecule has 0 atom stereocenters. The Morgan fingerprint density at radius 1 is 0.359 bits per heavy atom. The first-order chi connectivity index (χ1) is 19.3. The number of fused-ring (bicyclic) bond motifs is 5. The average Bonchev–Trinajstić information content (AvgIpc) is 3.37. The summed E-state index contributed by atoms with van der Waals surface area (Å²) in [6.07, 6.45) is 0. The van der Waals surface area contributed by atoms with E-state index in [1.807, 2.05) is 41.7 Å². The maximum Gasteiger partial charge on any atom is 0.164 e. The number of hydrogen-bond donors (Lipinski definition) is 0. The molecule has 3 nitrogen and oxygen atoms in total. The molecule has 182 valence electrons. The van der Waals surface area contributed by atoms with Crippen LogP contribution in [0, 0.1) is 0 Å². The minimum absolute atomic E-state index is 0.670. The van der Waals surface area contributed by atoms with Gasteiger partial charge in [-0.25, -0.2) is 15.0 Å². The van der Waals surface area contributed by atoms with Gasteiger partial charge in [-0.2, -0.15) is 0 Å². The molecule has 0 N–H and O–H groups in total. The minimum atomic E-state index is 0.670. The lowest BCUT2D eigenvalue weighted by Gasteiger charge is -2.10. The van der Waals surface area contributed by atoms with Gasteiger partial charge in [-0.1, -0.05) is 97.1 Å². The summed E-state index contributed by atoms with van der Waals surface area (Å²) in [5, 5.41) is 7.34. The summed E-state index contributed by atoms with van der Waals surface area (Å²) < 4.78 is 2.62. The van der Waals surface area contributed by atoms with E-state index in [9.17, 15) is 0 Å². The van der Waals surface area contributed by atoms with Gasteiger partial charge in [0.25, 0.3) is 0 Å². The number of nitrogens with zero attached hydrogens (tertiary/aromatic N) is 3. The van der Waals surface area contributed by atoms with Crippen molar-refractivity contribution in [1.29, 1.82) is 0 Å². The van der Waals surface area contributed by atoms with Crippen molar-refractivity contribution >= 4 is 53.1 Å². The van der Waals surface area contributed by atoms with Gasteiger partial charge in [-0.3, -0.25) is 0 Å². The van der Waals surface area contributed by atoms with Crippen LogP contribution in [0.2, 0.25) is 0 Å². The second-order valence-electron chi connectivity index (χ2n) is 9.74. The largest absolute Gasteiger partial charge is 0.208 e. The summed E-state index contributed by atoms with van der Waals surface area (Å²) >= 11 is 1.84. The highest BCUT2D eigenvalue weighted by Crippen LogP contribution is 2.37. The smallest absolute Gasteiger partial charge is 0.164 e. The van der Waals surface area contributed by atoms with Crippen molar-refractivity contribution in [2.24, 2.45) is 0 Å². The molecule has 6 aromatic carbocycles. The van der Waals surface area contributed by atoms with E-state index in [2.05, 4.69) is 97.1 Å². The van der Waals surface area contributed by atoms with Crippen LogP contribution in [0.1, 0.15) is 0 Å². The number of thiophene rings is 1. The molecule has 0 aliphatic heterocycles. The van der Waals surface area contributed by atoms with Crippen LogP contribution in [-0.4, -0.2) is 15.0 Å². The maximum atomic E-state index is 5.00. The van der Waals surface area contributed by atoms with Crippen LogP contribution < -0.4 is 0 Å². The Kier molecular flexibility index (Phi) is 5.00. The molecule has 0 fully saturated rings. The zero-order valence-corrected chi connectivity index (χ0v) is 21.7. The fourth-order valence-corrected chi connectivity index (χ4v) is 6.42. The highest BCUT2D eigenvalue weighted by molar-refractivity contribution is 7.25. The molecule has 8 aromatic rings. The van der Waals surface area contributed by atoms with E-state index in [4.69, 9.17) is 15.0 Å². The van der Waals surface area contributed by atoms with Crippen molar-refractivity contribution < 1.29 is 0 Å². The lowest BCUT2D eigenvalue weighted by Crippen LogP contribution is -2.00. The van der Waals surface area contributed by atoms with E-state index in [1.54, 1.807) is 0 Å². The minimum Gasteiger partial charge on any atom is -0.208 e. The average molecular weight is 516 g/mol. The Hall–Kier alpha value is -4.93. The van der Waals surface area contributed by atoms with Crippen LogP contribution in [0.15, 0.2) is 127 Å². The summed E-state index contributed by atoms with van der Waals surface area (Å²) in [4.78, 5) is 14.9. The molecule has 39 heavy (non-hydrogen) atoms. The zero-order valence-electron chi connectivity index (χ0n) is 20.9. The fraction of sp³-hybridized carbons (Fsp3) is 0. The Bertz CT molecular complexity index is 2180. The second-order valence-corrected chi connectivity index (χ2v) is 10.8. The van der Waals surface area contributed by atoms with Gasteiger partial charge in [0.05, 0.1) is 0 Å². The van der Waals surface area contributed by atoms with Gasteiger partial charge in [0.1, 0.15) is 0 Å². The van der Waals surface area contributed by atoms with E-state index in [0.29, 0.717) is 17.5 Å². The van der Waals surface area contributed by atoms with Crippen LogP contribution in [0.25, 0.3) is 75.9 Å². The monoisotopic (exact) mass is 515 g/mol. The van der Waals surface area contributed by atoms with Gasteiger partial charge in [-0.05, 0) is 51.9 Å². The van der Waals surface area contributed by atoms with E-state index in [-0.39, 0.29) is 0 Å². The molecule has 0 aliphatic carbocycles. The Balaban J connectivity index is 1.33. The summed E-state index contributed by atoms with van der Waals surface area (Å²) in [6.45, 7) is 0. The van der Waals surface area contributed by atoms with Crippen molar-refractivity contribution in [3.05, 3.63) is 127 Å². The lowest BCUT2D eigenvalue weighted by molar-refractivity contribution is 1.08. The molecule has 8 rings (SSSR count). The Labute approximate surface area is 229 Å². The van der Waals surface area contributed by atoms with Crippen molar-refractivity contribution in [3.63, 3.8) is 0 Å². The van der Waals surface area contributed by atoms with Gasteiger partial charge in [-0.15, -0.1) is 11.3 Å². The molecule has 0 radical (unpaired) electrons. The first-order valence-corrected chi connectivity index (χ1v) is 13.8. The highest BCUT2D eigenvalue weighted by Gasteiger charge is 2.14. The number of benzene rings is 6. The number of aromatic nitrogens is 3. The summed E-state index contributed by atoms with van der Waals surface area (Å²) in [5.74, 6) is 2.01. The summed E-state index contributed by atoms with van der Waals surface area (Å²) in [6, 6.07) is 44.6. The van der Waals surface area contributed by atoms with Crippen molar-refractivity contribution in [1.82, 2.24) is 15.0 Å². The standard InChI is InChI=1S/C35H21N3S/c1-2-9-23(10-3-1)33-36-34(26-16-14-22-8-4-5-11-24(22)18-26)38-35(37-33)27-17-15-25-21-32-30(20-28(25)19-27)29-12-6-7-13-31(29)39-32/h1-21H. The third kappa shape index (κ3) is 3.85. The molecule has 0 saturated heterocycles. The van der Waals surface area contributed by atoms with Gasteiger partial charge in [0.2, 0.25) is 0 Å². The molecule has 2 aromatic heterocycles. The van der Waals surface area contributed by atoms with Crippen LogP contribution in [0.4, 0.5) is 0 Å². The normalized spacial score (nSPS) is 11.6. The van der Waals surface area contributed by atoms with Gasteiger partial charge >= 0.3 is 0 Å². The topological polar surface area (TPSA) is 38.7 Å². The molecule has 0 spiro atoms. The first-order valence-electron chi connectivity index (χ1n) is 12.9. The van der Waals surface area contributed by atoms with Crippen molar-refractivity contribution in [2.45, 2.75) is 0 Å². The van der Waals surface area contributed by atoms with Gasteiger partial charge in [0, 0.05) is 36.9 Å². The van der Waals surface area contributed by atoms with Gasteiger partial charge in [0.15, 0.2) is 17.5 Å². The first kappa shape index (κ1) is 22.1. The van der Waals surface area contributed by atoms with Crippen molar-refractivity contribution in [2.75, 3.05) is 0 Å². The third-order valence-corrected chi connectivity index (χ3v) is 8.40. The van der Waals surface area contributed by atoms with E-state index in [1.165, 1.54) is 36.3 Å². The molecule has 0 bridgehead atoms. The Morgan fingerprint density at radius 2 is 0.949 bits per heavy atom. The molecule has 0 unspecified atom stereocenters. The van der Waals surface area contributed by atoms with Crippen LogP contribution in [-0.2, 0) is 0 Å². The van der Waals surface area contributed by atoms with E-state index in [0.717, 1.165) is 22.1 Å². The van der Waals surface area contributed by atoms with Crippen molar-refractivity contribution in [3.8, 4) is 34.2 Å².